The SMILES string of the molecule is CCCCC[B][O-].[CH2-]O.[K+]. The van der Waals surface area contributed by atoms with Gasteiger partial charge in [0.1, 0.15) is 0 Å². The minimum Gasteiger partial charge on any atom is -0.885 e. The molecule has 0 heterocycles. The van der Waals surface area contributed by atoms with E-state index in [9.17, 15) is 5.02 Å². The van der Waals surface area contributed by atoms with Crippen LogP contribution in [0.3, 0.4) is 0 Å². The van der Waals surface area contributed by atoms with Crippen molar-refractivity contribution in [2.75, 3.05) is 0 Å². The number of hydrogen-bond donors (Lipinski definition) is 1. The quantitative estimate of drug-likeness (QED) is 0.292. The molecule has 0 aliphatic heterocycles. The van der Waals surface area contributed by atoms with Gasteiger partial charge in [0, 0.05) is 0 Å². The Morgan fingerprint density at radius 3 is 2.20 bits per heavy atom. The maximum atomic E-state index is 9.68. The van der Waals surface area contributed by atoms with Crippen LogP contribution in [0.2, 0.25) is 6.32 Å². The summed E-state index contributed by atoms with van der Waals surface area (Å²) in [7, 11) is 3.23. The van der Waals surface area contributed by atoms with Crippen LogP contribution in [0.5, 0.6) is 0 Å². The number of aliphatic hydroxyl groups is 1. The average molecular weight is 168 g/mol. The molecule has 0 aromatic rings. The summed E-state index contributed by atoms with van der Waals surface area (Å²) in [6.45, 7) is 2.13. The summed E-state index contributed by atoms with van der Waals surface area (Å²) in [5.74, 6) is 0. The van der Waals surface area contributed by atoms with Crippen LogP contribution in [-0.2, 0) is 0 Å². The molecule has 1 radical (unpaired) electrons. The number of rotatable bonds is 4. The summed E-state index contributed by atoms with van der Waals surface area (Å²) >= 11 is 0. The molecule has 10 heavy (non-hydrogen) atoms. The van der Waals surface area contributed by atoms with Crippen molar-refractivity contribution in [3.05, 3.63) is 7.11 Å². The van der Waals surface area contributed by atoms with Gasteiger partial charge in [-0.05, 0) is 7.48 Å². The molecule has 0 aromatic carbocycles. The molecule has 0 saturated carbocycles. The predicted molar refractivity (Wildman–Crippen MR) is 37.4 cm³/mol. The van der Waals surface area contributed by atoms with Crippen molar-refractivity contribution in [2.45, 2.75) is 32.5 Å². The zero-order chi connectivity index (χ0) is 7.54. The van der Waals surface area contributed by atoms with Gasteiger partial charge in [-0.15, -0.1) is 6.32 Å². The van der Waals surface area contributed by atoms with E-state index in [1.165, 1.54) is 12.8 Å². The van der Waals surface area contributed by atoms with Gasteiger partial charge in [0.15, 0.2) is 0 Å². The molecule has 1 N–H and O–H groups in total. The fourth-order valence-electron chi connectivity index (χ4n) is 0.478. The first-order valence-electron chi connectivity index (χ1n) is 3.17. The Hall–Kier alpha value is 1.62. The van der Waals surface area contributed by atoms with Gasteiger partial charge in [-0.1, -0.05) is 26.2 Å². The third-order valence-corrected chi connectivity index (χ3v) is 0.926. The van der Waals surface area contributed by atoms with E-state index >= 15 is 0 Å². The maximum absolute atomic E-state index is 9.68. The van der Waals surface area contributed by atoms with E-state index in [1.807, 2.05) is 0 Å². The van der Waals surface area contributed by atoms with Gasteiger partial charge in [-0.3, -0.25) is 0 Å². The van der Waals surface area contributed by atoms with E-state index in [1.54, 1.807) is 0 Å². The van der Waals surface area contributed by atoms with E-state index in [0.717, 1.165) is 20.2 Å². The number of aliphatic hydroxyl groups excluding tert-OH is 1. The standard InChI is InChI=1S/C5H11BO.CH3O.K/c1-2-3-4-5-6-7;1-2;/h2-5H2,1H3;2H,1H2;/q2*-1;+1. The van der Waals surface area contributed by atoms with Crippen LogP contribution in [0, 0.1) is 7.11 Å². The zero-order valence-corrected chi connectivity index (χ0v) is 10.1. The molecule has 0 fully saturated rings. The van der Waals surface area contributed by atoms with Crippen LogP contribution >= 0.6 is 0 Å². The van der Waals surface area contributed by atoms with Crippen LogP contribution in [0.4, 0.5) is 0 Å². The van der Waals surface area contributed by atoms with E-state index in [0.29, 0.717) is 0 Å². The molecule has 0 aromatic heterocycles. The molecule has 0 bridgehead atoms. The zero-order valence-electron chi connectivity index (χ0n) is 6.97. The van der Waals surface area contributed by atoms with Crippen molar-refractivity contribution in [1.82, 2.24) is 0 Å². The predicted octanol–water partition coefficient (Wildman–Crippen LogP) is -2.27. The van der Waals surface area contributed by atoms with Gasteiger partial charge in [-0.2, -0.15) is 0 Å². The Balaban J connectivity index is -0.000000149. The first-order valence-corrected chi connectivity index (χ1v) is 3.17. The molecule has 0 unspecified atom stereocenters. The Morgan fingerprint density at radius 2 is 1.90 bits per heavy atom. The maximum Gasteiger partial charge on any atom is 1.00 e. The first-order chi connectivity index (χ1) is 4.41. The van der Waals surface area contributed by atoms with Gasteiger partial charge >= 0.3 is 51.4 Å². The van der Waals surface area contributed by atoms with E-state index < -0.39 is 0 Å². The van der Waals surface area contributed by atoms with Crippen LogP contribution in [0.25, 0.3) is 0 Å². The van der Waals surface area contributed by atoms with Crippen molar-refractivity contribution >= 4 is 7.48 Å². The molecule has 2 nitrogen and oxygen atoms in total. The fraction of sp³-hybridized carbons (Fsp3) is 0.833. The summed E-state index contributed by atoms with van der Waals surface area (Å²) in [6, 6.07) is 0. The van der Waals surface area contributed by atoms with Gasteiger partial charge in [0.2, 0.25) is 0 Å². The summed E-state index contributed by atoms with van der Waals surface area (Å²) in [5, 5.41) is 16.4. The largest absolute Gasteiger partial charge is 1.00 e. The summed E-state index contributed by atoms with van der Waals surface area (Å²) in [6.07, 6.45) is 4.21. The summed E-state index contributed by atoms with van der Waals surface area (Å²) < 4.78 is 0. The Kier molecular flexibility index (Phi) is 39.6. The molecule has 0 atom stereocenters. The van der Waals surface area contributed by atoms with E-state index in [2.05, 4.69) is 14.0 Å². The van der Waals surface area contributed by atoms with E-state index in [-0.39, 0.29) is 51.4 Å². The van der Waals surface area contributed by atoms with Crippen LogP contribution < -0.4 is 56.4 Å². The van der Waals surface area contributed by atoms with E-state index in [4.69, 9.17) is 5.11 Å². The van der Waals surface area contributed by atoms with Gasteiger partial charge < -0.3 is 10.1 Å². The second kappa shape index (κ2) is 22.4. The first kappa shape index (κ1) is 17.6. The van der Waals surface area contributed by atoms with Crippen LogP contribution in [0.15, 0.2) is 0 Å². The topological polar surface area (TPSA) is 43.3 Å². The van der Waals surface area contributed by atoms with Crippen molar-refractivity contribution in [2.24, 2.45) is 0 Å². The molecule has 0 rings (SSSR count). The van der Waals surface area contributed by atoms with Crippen molar-refractivity contribution < 1.29 is 61.5 Å². The van der Waals surface area contributed by atoms with Gasteiger partial charge in [-0.25, -0.2) is 7.11 Å². The average Bonchev–Trinajstić information content (AvgIpc) is 1.94. The molecular weight excluding hydrogens is 154 g/mol. The number of hydrogen-bond acceptors (Lipinski definition) is 2. The van der Waals surface area contributed by atoms with Crippen LogP contribution in [-0.4, -0.2) is 12.6 Å². The van der Waals surface area contributed by atoms with Crippen molar-refractivity contribution in [3.8, 4) is 0 Å². The van der Waals surface area contributed by atoms with Crippen molar-refractivity contribution in [1.29, 1.82) is 0 Å². The Bertz CT molecular complexity index is 34.9. The number of unbranched alkanes of at least 4 members (excludes halogenated alkanes) is 2. The smallest absolute Gasteiger partial charge is 0.885 e. The van der Waals surface area contributed by atoms with Gasteiger partial charge in [0.25, 0.3) is 0 Å². The van der Waals surface area contributed by atoms with Crippen molar-refractivity contribution in [3.63, 3.8) is 0 Å². The Labute approximate surface area is 107 Å². The molecule has 0 spiro atoms. The Morgan fingerprint density at radius 1 is 1.40 bits per heavy atom. The summed E-state index contributed by atoms with van der Waals surface area (Å²) in [4.78, 5) is 0. The molecular formula is C6H14BKO2-. The minimum absolute atomic E-state index is 0. The molecule has 4 heteroatoms. The molecule has 0 aliphatic rings. The molecule has 55 valence electrons. The fourth-order valence-corrected chi connectivity index (χ4v) is 0.478. The third kappa shape index (κ3) is 22.6. The second-order valence-corrected chi connectivity index (χ2v) is 1.66. The van der Waals surface area contributed by atoms with Crippen LogP contribution in [0.1, 0.15) is 26.2 Å². The molecule has 0 aliphatic carbocycles. The third-order valence-electron chi connectivity index (χ3n) is 0.926. The second-order valence-electron chi connectivity index (χ2n) is 1.66. The monoisotopic (exact) mass is 168 g/mol. The molecule has 0 amide bonds. The normalized spacial score (nSPS) is 6.80. The molecule has 0 saturated heterocycles. The van der Waals surface area contributed by atoms with Gasteiger partial charge in [0.05, 0.1) is 0 Å². The summed E-state index contributed by atoms with van der Waals surface area (Å²) in [5.41, 5.74) is 0. The minimum atomic E-state index is 0.